The SMILES string of the molecule is Cl.O=[N+]([O-])c1ccc(C2NCc3ccc4c(c3-n3cccc32)OCO4)cc1. The summed E-state index contributed by atoms with van der Waals surface area (Å²) < 4.78 is 13.3. The molecule has 1 unspecified atom stereocenters. The predicted molar refractivity (Wildman–Crippen MR) is 101 cm³/mol. The van der Waals surface area contributed by atoms with Crippen molar-refractivity contribution in [2.75, 3.05) is 6.79 Å². The van der Waals surface area contributed by atoms with Crippen molar-refractivity contribution in [3.63, 3.8) is 0 Å². The number of ether oxygens (including phenoxy) is 2. The minimum absolute atomic E-state index is 0. The van der Waals surface area contributed by atoms with Crippen LogP contribution in [0.2, 0.25) is 0 Å². The smallest absolute Gasteiger partial charge is 0.269 e. The molecule has 0 fully saturated rings. The van der Waals surface area contributed by atoms with Gasteiger partial charge in [0.15, 0.2) is 11.5 Å². The van der Waals surface area contributed by atoms with Gasteiger partial charge in [0.1, 0.15) is 0 Å². The van der Waals surface area contributed by atoms with Crippen molar-refractivity contribution in [3.05, 3.63) is 81.7 Å². The summed E-state index contributed by atoms with van der Waals surface area (Å²) in [6, 6.07) is 14.6. The van der Waals surface area contributed by atoms with Gasteiger partial charge in [-0.3, -0.25) is 10.1 Å². The number of nitro groups is 1. The summed E-state index contributed by atoms with van der Waals surface area (Å²) >= 11 is 0. The van der Waals surface area contributed by atoms with Crippen molar-refractivity contribution in [1.29, 1.82) is 0 Å². The Morgan fingerprint density at radius 1 is 1.11 bits per heavy atom. The first-order valence-corrected chi connectivity index (χ1v) is 8.29. The molecule has 138 valence electrons. The largest absolute Gasteiger partial charge is 0.454 e. The van der Waals surface area contributed by atoms with Gasteiger partial charge in [-0.05, 0) is 29.3 Å². The molecule has 0 aliphatic carbocycles. The number of hydrogen-bond acceptors (Lipinski definition) is 5. The monoisotopic (exact) mass is 385 g/mol. The van der Waals surface area contributed by atoms with E-state index in [1.54, 1.807) is 12.1 Å². The number of nitrogens with zero attached hydrogens (tertiary/aromatic N) is 2. The Morgan fingerprint density at radius 3 is 2.70 bits per heavy atom. The van der Waals surface area contributed by atoms with Crippen molar-refractivity contribution in [2.45, 2.75) is 12.6 Å². The highest BCUT2D eigenvalue weighted by Crippen LogP contribution is 2.43. The third-order valence-electron chi connectivity index (χ3n) is 4.85. The van der Waals surface area contributed by atoms with Crippen molar-refractivity contribution >= 4 is 18.1 Å². The first-order chi connectivity index (χ1) is 12.7. The predicted octanol–water partition coefficient (Wildman–Crippen LogP) is 3.73. The van der Waals surface area contributed by atoms with Crippen LogP contribution in [0.5, 0.6) is 11.5 Å². The van der Waals surface area contributed by atoms with Crippen LogP contribution < -0.4 is 14.8 Å². The maximum absolute atomic E-state index is 10.9. The minimum Gasteiger partial charge on any atom is -0.454 e. The molecular formula is C19H16ClN3O4. The van der Waals surface area contributed by atoms with E-state index in [2.05, 4.69) is 9.88 Å². The number of non-ortho nitro benzene ring substituents is 1. The summed E-state index contributed by atoms with van der Waals surface area (Å²) in [6.07, 6.45) is 2.00. The van der Waals surface area contributed by atoms with Gasteiger partial charge in [0, 0.05) is 30.6 Å². The van der Waals surface area contributed by atoms with Gasteiger partial charge in [0.05, 0.1) is 16.7 Å². The molecule has 1 aromatic heterocycles. The molecule has 1 atom stereocenters. The quantitative estimate of drug-likeness (QED) is 0.537. The molecule has 27 heavy (non-hydrogen) atoms. The molecule has 0 spiro atoms. The summed E-state index contributed by atoms with van der Waals surface area (Å²) in [5.41, 5.74) is 4.19. The van der Waals surface area contributed by atoms with Crippen LogP contribution in [0, 0.1) is 10.1 Å². The zero-order valence-corrected chi connectivity index (χ0v) is 14.9. The van der Waals surface area contributed by atoms with E-state index >= 15 is 0 Å². The van der Waals surface area contributed by atoms with Crippen LogP contribution in [-0.2, 0) is 6.54 Å². The number of fused-ring (bicyclic) bond motifs is 5. The average molecular weight is 386 g/mol. The fourth-order valence-corrected chi connectivity index (χ4v) is 3.63. The van der Waals surface area contributed by atoms with E-state index in [0.717, 1.165) is 34.0 Å². The van der Waals surface area contributed by atoms with E-state index in [1.807, 2.05) is 30.5 Å². The minimum atomic E-state index is -0.385. The lowest BCUT2D eigenvalue weighted by Gasteiger charge is -2.18. The van der Waals surface area contributed by atoms with Crippen molar-refractivity contribution in [2.24, 2.45) is 0 Å². The third-order valence-corrected chi connectivity index (χ3v) is 4.85. The van der Waals surface area contributed by atoms with Gasteiger partial charge in [0.2, 0.25) is 6.79 Å². The fourth-order valence-electron chi connectivity index (χ4n) is 3.63. The van der Waals surface area contributed by atoms with Crippen LogP contribution in [0.4, 0.5) is 5.69 Å². The van der Waals surface area contributed by atoms with Crippen molar-refractivity contribution in [1.82, 2.24) is 9.88 Å². The van der Waals surface area contributed by atoms with E-state index in [4.69, 9.17) is 9.47 Å². The average Bonchev–Trinajstić information content (AvgIpc) is 3.29. The lowest BCUT2D eigenvalue weighted by atomic mass is 10.0. The molecule has 3 heterocycles. The Bertz CT molecular complexity index is 1020. The van der Waals surface area contributed by atoms with Gasteiger partial charge in [-0.25, -0.2) is 0 Å². The molecule has 3 aromatic rings. The second kappa shape index (κ2) is 6.61. The van der Waals surface area contributed by atoms with Gasteiger partial charge in [0.25, 0.3) is 5.69 Å². The Hall–Kier alpha value is -3.03. The van der Waals surface area contributed by atoms with Gasteiger partial charge in [-0.15, -0.1) is 12.4 Å². The lowest BCUT2D eigenvalue weighted by Crippen LogP contribution is -2.21. The Labute approximate surface area is 161 Å². The van der Waals surface area contributed by atoms with Crippen LogP contribution in [-0.4, -0.2) is 16.3 Å². The van der Waals surface area contributed by atoms with Crippen LogP contribution in [0.1, 0.15) is 22.9 Å². The molecule has 2 aromatic carbocycles. The lowest BCUT2D eigenvalue weighted by molar-refractivity contribution is -0.384. The highest BCUT2D eigenvalue weighted by atomic mass is 35.5. The van der Waals surface area contributed by atoms with E-state index in [1.165, 1.54) is 12.1 Å². The molecule has 2 aliphatic heterocycles. The number of rotatable bonds is 2. The number of halogens is 1. The van der Waals surface area contributed by atoms with E-state index in [9.17, 15) is 10.1 Å². The van der Waals surface area contributed by atoms with Crippen LogP contribution in [0.25, 0.3) is 5.69 Å². The summed E-state index contributed by atoms with van der Waals surface area (Å²) in [6.45, 7) is 0.872. The van der Waals surface area contributed by atoms with Crippen LogP contribution >= 0.6 is 12.4 Å². The van der Waals surface area contributed by atoms with E-state index in [0.29, 0.717) is 6.54 Å². The summed E-state index contributed by atoms with van der Waals surface area (Å²) in [4.78, 5) is 10.5. The first-order valence-electron chi connectivity index (χ1n) is 8.29. The van der Waals surface area contributed by atoms with Gasteiger partial charge < -0.3 is 19.4 Å². The van der Waals surface area contributed by atoms with Crippen molar-refractivity contribution < 1.29 is 14.4 Å². The van der Waals surface area contributed by atoms with E-state index in [-0.39, 0.29) is 35.9 Å². The summed E-state index contributed by atoms with van der Waals surface area (Å²) in [5, 5.41) is 14.5. The van der Waals surface area contributed by atoms with E-state index < -0.39 is 0 Å². The second-order valence-electron chi connectivity index (χ2n) is 6.27. The summed E-state index contributed by atoms with van der Waals surface area (Å²) in [5.74, 6) is 1.50. The Kier molecular flexibility index (Phi) is 4.25. The fraction of sp³-hybridized carbons (Fsp3) is 0.158. The zero-order chi connectivity index (χ0) is 17.7. The van der Waals surface area contributed by atoms with Gasteiger partial charge in [-0.1, -0.05) is 18.2 Å². The Balaban J connectivity index is 0.00000180. The second-order valence-corrected chi connectivity index (χ2v) is 6.27. The number of nitro benzene ring substituents is 1. The van der Waals surface area contributed by atoms with Crippen LogP contribution in [0.3, 0.4) is 0 Å². The molecule has 8 heteroatoms. The third kappa shape index (κ3) is 2.72. The number of nitrogens with one attached hydrogen (secondary N) is 1. The Morgan fingerprint density at radius 2 is 1.93 bits per heavy atom. The molecule has 0 radical (unpaired) electrons. The zero-order valence-electron chi connectivity index (χ0n) is 14.1. The number of hydrogen-bond donors (Lipinski definition) is 1. The standard InChI is InChI=1S/C19H15N3O4.ClH/c23-22(24)14-6-3-12(4-7-14)17-15-2-1-9-21(15)18-13(10-20-17)5-8-16-19(18)26-11-25-16;/h1-9,17,20H,10-11H2;1H. The van der Waals surface area contributed by atoms with Crippen LogP contribution in [0.15, 0.2) is 54.7 Å². The molecule has 7 nitrogen and oxygen atoms in total. The maximum atomic E-state index is 10.9. The molecule has 0 bridgehead atoms. The van der Waals surface area contributed by atoms with Crippen molar-refractivity contribution in [3.8, 4) is 17.2 Å². The molecule has 2 aliphatic rings. The number of aromatic nitrogens is 1. The normalized spacial score (nSPS) is 16.7. The maximum Gasteiger partial charge on any atom is 0.269 e. The molecule has 1 N–H and O–H groups in total. The molecule has 5 rings (SSSR count). The molecule has 0 saturated heterocycles. The molecule has 0 amide bonds. The molecular weight excluding hydrogens is 370 g/mol. The highest BCUT2D eigenvalue weighted by Gasteiger charge is 2.28. The van der Waals surface area contributed by atoms with Gasteiger partial charge in [-0.2, -0.15) is 0 Å². The highest BCUT2D eigenvalue weighted by molar-refractivity contribution is 5.85. The van der Waals surface area contributed by atoms with Gasteiger partial charge >= 0.3 is 0 Å². The number of benzene rings is 2. The first kappa shape index (κ1) is 17.4. The topological polar surface area (TPSA) is 78.6 Å². The summed E-state index contributed by atoms with van der Waals surface area (Å²) in [7, 11) is 0. The molecule has 0 saturated carbocycles.